The van der Waals surface area contributed by atoms with Crippen LogP contribution in [0.1, 0.15) is 0 Å². The molecular weight excluding hydrogens is 119 g/mol. The highest BCUT2D eigenvalue weighted by molar-refractivity contribution is 5.41. The van der Waals surface area contributed by atoms with Gasteiger partial charge in [-0.1, -0.05) is 0 Å². The summed E-state index contributed by atoms with van der Waals surface area (Å²) in [5, 5.41) is 2.68. The molecule has 1 aromatic rings. The second-order valence-corrected chi connectivity index (χ2v) is 1.61. The topological polar surface area (TPSA) is 24.9 Å². The van der Waals surface area contributed by atoms with E-state index in [1.807, 2.05) is 0 Å². The summed E-state index contributed by atoms with van der Waals surface area (Å²) in [5.41, 5.74) is 0.477. The van der Waals surface area contributed by atoms with Crippen molar-refractivity contribution in [1.82, 2.24) is 4.98 Å². The molecule has 1 rings (SSSR count). The SMILES string of the molecule is CNc1ccncc1F. The molecule has 0 aliphatic heterocycles. The van der Waals surface area contributed by atoms with Crippen molar-refractivity contribution in [2.24, 2.45) is 0 Å². The predicted molar refractivity (Wildman–Crippen MR) is 33.7 cm³/mol. The van der Waals surface area contributed by atoms with Crippen molar-refractivity contribution in [3.05, 3.63) is 24.3 Å². The average molecular weight is 126 g/mol. The Balaban J connectivity index is 3.01. The number of hydrogen-bond donors (Lipinski definition) is 1. The van der Waals surface area contributed by atoms with E-state index in [9.17, 15) is 4.39 Å². The van der Waals surface area contributed by atoms with E-state index < -0.39 is 0 Å². The van der Waals surface area contributed by atoms with Gasteiger partial charge in [0.2, 0.25) is 0 Å². The van der Waals surface area contributed by atoms with Crippen LogP contribution < -0.4 is 5.32 Å². The average Bonchev–Trinajstić information content (AvgIpc) is 1.89. The molecule has 0 unspecified atom stereocenters. The van der Waals surface area contributed by atoms with E-state index in [1.54, 1.807) is 13.1 Å². The molecular formula is C6H7FN2. The third-order valence-electron chi connectivity index (χ3n) is 1.04. The highest BCUT2D eigenvalue weighted by Crippen LogP contribution is 2.08. The molecule has 1 aromatic heterocycles. The van der Waals surface area contributed by atoms with Crippen LogP contribution in [-0.4, -0.2) is 12.0 Å². The Labute approximate surface area is 52.7 Å². The Morgan fingerprint density at radius 1 is 1.67 bits per heavy atom. The zero-order valence-corrected chi connectivity index (χ0v) is 5.06. The maximum Gasteiger partial charge on any atom is 0.164 e. The number of halogens is 1. The fourth-order valence-electron chi connectivity index (χ4n) is 0.578. The van der Waals surface area contributed by atoms with Crippen LogP contribution in [0.3, 0.4) is 0 Å². The normalized spacial score (nSPS) is 9.11. The Bertz CT molecular complexity index is 200. The second kappa shape index (κ2) is 2.44. The first-order valence-electron chi connectivity index (χ1n) is 2.62. The van der Waals surface area contributed by atoms with Gasteiger partial charge in [-0.3, -0.25) is 4.98 Å². The molecule has 0 aromatic carbocycles. The van der Waals surface area contributed by atoms with Crippen LogP contribution in [0.4, 0.5) is 10.1 Å². The maximum absolute atomic E-state index is 12.5. The van der Waals surface area contributed by atoms with E-state index >= 15 is 0 Å². The molecule has 0 saturated heterocycles. The van der Waals surface area contributed by atoms with Crippen molar-refractivity contribution < 1.29 is 4.39 Å². The first-order chi connectivity index (χ1) is 4.34. The van der Waals surface area contributed by atoms with E-state index in [0.717, 1.165) is 0 Å². The van der Waals surface area contributed by atoms with Crippen molar-refractivity contribution in [3.63, 3.8) is 0 Å². The number of nitrogens with zero attached hydrogens (tertiary/aromatic N) is 1. The van der Waals surface area contributed by atoms with E-state index in [1.165, 1.54) is 12.4 Å². The van der Waals surface area contributed by atoms with Crippen LogP contribution >= 0.6 is 0 Å². The first kappa shape index (κ1) is 6.01. The smallest absolute Gasteiger partial charge is 0.164 e. The Morgan fingerprint density at radius 3 is 2.89 bits per heavy atom. The summed E-state index contributed by atoms with van der Waals surface area (Å²) in [5.74, 6) is -0.319. The van der Waals surface area contributed by atoms with Crippen LogP contribution in [0.25, 0.3) is 0 Å². The van der Waals surface area contributed by atoms with Gasteiger partial charge in [0.25, 0.3) is 0 Å². The van der Waals surface area contributed by atoms with Crippen LogP contribution in [0, 0.1) is 5.82 Å². The molecule has 3 heteroatoms. The molecule has 0 aliphatic rings. The van der Waals surface area contributed by atoms with Crippen molar-refractivity contribution in [2.45, 2.75) is 0 Å². The molecule has 0 radical (unpaired) electrons. The van der Waals surface area contributed by atoms with Gasteiger partial charge in [0.15, 0.2) is 5.82 Å². The standard InChI is InChI=1S/C6H7FN2/c1-8-6-2-3-9-4-5(6)7/h2-4H,1H3,(H,8,9). The van der Waals surface area contributed by atoms with Crippen LogP contribution in [0.5, 0.6) is 0 Å². The maximum atomic E-state index is 12.5. The number of anilines is 1. The first-order valence-corrected chi connectivity index (χ1v) is 2.62. The third kappa shape index (κ3) is 1.16. The van der Waals surface area contributed by atoms with E-state index in [0.29, 0.717) is 5.69 Å². The second-order valence-electron chi connectivity index (χ2n) is 1.61. The number of hydrogen-bond acceptors (Lipinski definition) is 2. The minimum absolute atomic E-state index is 0.319. The molecule has 0 bridgehead atoms. The molecule has 0 fully saturated rings. The molecule has 1 heterocycles. The summed E-state index contributed by atoms with van der Waals surface area (Å²) >= 11 is 0. The Kier molecular flexibility index (Phi) is 1.63. The third-order valence-corrected chi connectivity index (χ3v) is 1.04. The summed E-state index contributed by atoms with van der Waals surface area (Å²) in [7, 11) is 1.67. The van der Waals surface area contributed by atoms with Crippen LogP contribution in [0.15, 0.2) is 18.5 Å². The van der Waals surface area contributed by atoms with Gasteiger partial charge in [-0.2, -0.15) is 0 Å². The molecule has 1 N–H and O–H groups in total. The number of pyridine rings is 1. The van der Waals surface area contributed by atoms with Crippen LogP contribution in [-0.2, 0) is 0 Å². The van der Waals surface area contributed by atoms with E-state index in [2.05, 4.69) is 10.3 Å². The van der Waals surface area contributed by atoms with Gasteiger partial charge in [-0.15, -0.1) is 0 Å². The van der Waals surface area contributed by atoms with Crippen LogP contribution in [0.2, 0.25) is 0 Å². The Hall–Kier alpha value is -1.12. The molecule has 48 valence electrons. The monoisotopic (exact) mass is 126 g/mol. The molecule has 0 saturated carbocycles. The van der Waals surface area contributed by atoms with E-state index in [-0.39, 0.29) is 5.82 Å². The number of rotatable bonds is 1. The number of aromatic nitrogens is 1. The summed E-state index contributed by atoms with van der Waals surface area (Å²) in [6.45, 7) is 0. The summed E-state index contributed by atoms with van der Waals surface area (Å²) in [4.78, 5) is 3.58. The van der Waals surface area contributed by atoms with E-state index in [4.69, 9.17) is 0 Å². The molecule has 2 nitrogen and oxygen atoms in total. The largest absolute Gasteiger partial charge is 0.386 e. The molecule has 0 amide bonds. The van der Waals surface area contributed by atoms with Crippen molar-refractivity contribution in [3.8, 4) is 0 Å². The van der Waals surface area contributed by atoms with Crippen molar-refractivity contribution >= 4 is 5.69 Å². The van der Waals surface area contributed by atoms with Crippen molar-refractivity contribution in [2.75, 3.05) is 12.4 Å². The molecule has 0 atom stereocenters. The predicted octanol–water partition coefficient (Wildman–Crippen LogP) is 1.26. The highest BCUT2D eigenvalue weighted by Gasteiger charge is 1.94. The van der Waals surface area contributed by atoms with Gasteiger partial charge >= 0.3 is 0 Å². The van der Waals surface area contributed by atoms with Gasteiger partial charge in [0.1, 0.15) is 0 Å². The quantitative estimate of drug-likeness (QED) is 0.612. The zero-order chi connectivity index (χ0) is 6.69. The fraction of sp³-hybridized carbons (Fsp3) is 0.167. The summed E-state index contributed by atoms with van der Waals surface area (Å²) in [6, 6.07) is 1.58. The zero-order valence-electron chi connectivity index (χ0n) is 5.06. The molecule has 0 aliphatic carbocycles. The lowest BCUT2D eigenvalue weighted by molar-refractivity contribution is 0.625. The minimum atomic E-state index is -0.319. The lowest BCUT2D eigenvalue weighted by atomic mass is 10.4. The molecule has 0 spiro atoms. The van der Waals surface area contributed by atoms with Gasteiger partial charge in [0.05, 0.1) is 11.9 Å². The van der Waals surface area contributed by atoms with Gasteiger partial charge in [0, 0.05) is 13.2 Å². The molecule has 9 heavy (non-hydrogen) atoms. The lowest BCUT2D eigenvalue weighted by Gasteiger charge is -1.97. The number of nitrogens with one attached hydrogen (secondary N) is 1. The summed E-state index contributed by atoms with van der Waals surface area (Å²) < 4.78 is 12.5. The minimum Gasteiger partial charge on any atom is -0.386 e. The fourth-order valence-corrected chi connectivity index (χ4v) is 0.578. The lowest BCUT2D eigenvalue weighted by Crippen LogP contribution is -1.91. The van der Waals surface area contributed by atoms with Gasteiger partial charge < -0.3 is 5.32 Å². The Morgan fingerprint density at radius 2 is 2.44 bits per heavy atom. The highest BCUT2D eigenvalue weighted by atomic mass is 19.1. The van der Waals surface area contributed by atoms with Gasteiger partial charge in [-0.25, -0.2) is 4.39 Å². The van der Waals surface area contributed by atoms with Gasteiger partial charge in [-0.05, 0) is 6.07 Å². The summed E-state index contributed by atoms with van der Waals surface area (Å²) in [6.07, 6.45) is 2.71. The van der Waals surface area contributed by atoms with Crippen molar-refractivity contribution in [1.29, 1.82) is 0 Å².